The molecule has 3 rings (SSSR count). The van der Waals surface area contributed by atoms with Crippen molar-refractivity contribution in [3.8, 4) is 11.3 Å². The van der Waals surface area contributed by atoms with E-state index in [4.69, 9.17) is 20.9 Å². The van der Waals surface area contributed by atoms with E-state index in [9.17, 15) is 4.79 Å². The number of benzene rings is 1. The van der Waals surface area contributed by atoms with Crippen molar-refractivity contribution in [2.24, 2.45) is 5.41 Å². The lowest BCUT2D eigenvalue weighted by Crippen LogP contribution is -2.37. The van der Waals surface area contributed by atoms with Gasteiger partial charge in [0.25, 0.3) is 0 Å². The third-order valence-electron chi connectivity index (χ3n) is 4.83. The lowest BCUT2D eigenvalue weighted by atomic mass is 9.68. The van der Waals surface area contributed by atoms with E-state index in [1.165, 1.54) is 7.11 Å². The van der Waals surface area contributed by atoms with Crippen molar-refractivity contribution in [1.29, 1.82) is 0 Å². The molecule has 0 amide bonds. The molecule has 1 aliphatic carbocycles. The van der Waals surface area contributed by atoms with Crippen LogP contribution in [0.2, 0.25) is 5.02 Å². The molecule has 5 heteroatoms. The van der Waals surface area contributed by atoms with Gasteiger partial charge in [0.2, 0.25) is 0 Å². The predicted molar refractivity (Wildman–Crippen MR) is 83.8 cm³/mol. The second-order valence-electron chi connectivity index (χ2n) is 6.01. The molecule has 1 aromatic heterocycles. The molecule has 0 saturated carbocycles. The molecule has 1 heterocycles. The molecule has 0 spiro atoms. The van der Waals surface area contributed by atoms with Gasteiger partial charge in [0.15, 0.2) is 0 Å². The van der Waals surface area contributed by atoms with E-state index in [-0.39, 0.29) is 11.9 Å². The first-order valence-corrected chi connectivity index (χ1v) is 7.68. The van der Waals surface area contributed by atoms with E-state index in [0.29, 0.717) is 5.02 Å². The van der Waals surface area contributed by atoms with Crippen molar-refractivity contribution < 1.29 is 14.1 Å². The predicted octanol–water partition coefficient (Wildman–Crippen LogP) is 4.22. The van der Waals surface area contributed by atoms with Gasteiger partial charge in [0.05, 0.1) is 12.5 Å². The summed E-state index contributed by atoms with van der Waals surface area (Å²) in [6.45, 7) is 3.92. The highest BCUT2D eigenvalue weighted by atomic mass is 35.5. The van der Waals surface area contributed by atoms with Crippen molar-refractivity contribution in [1.82, 2.24) is 5.16 Å². The lowest BCUT2D eigenvalue weighted by Gasteiger charge is -2.35. The van der Waals surface area contributed by atoms with Crippen molar-refractivity contribution in [3.05, 3.63) is 40.6 Å². The largest absolute Gasteiger partial charge is 0.469 e. The summed E-state index contributed by atoms with van der Waals surface area (Å²) in [5.41, 5.74) is 2.32. The van der Waals surface area contributed by atoms with Crippen LogP contribution in [-0.2, 0) is 16.0 Å². The molecule has 0 N–H and O–H groups in total. The molecule has 1 aliphatic rings. The van der Waals surface area contributed by atoms with Gasteiger partial charge in [0, 0.05) is 22.1 Å². The van der Waals surface area contributed by atoms with Crippen LogP contribution in [0, 0.1) is 5.41 Å². The minimum Gasteiger partial charge on any atom is -0.469 e. The van der Waals surface area contributed by atoms with Gasteiger partial charge >= 0.3 is 5.97 Å². The van der Waals surface area contributed by atoms with E-state index in [1.54, 1.807) is 0 Å². The zero-order chi connectivity index (χ0) is 15.9. The molecule has 22 heavy (non-hydrogen) atoms. The van der Waals surface area contributed by atoms with Crippen LogP contribution in [0.15, 0.2) is 28.8 Å². The first kappa shape index (κ1) is 15.1. The smallest absolute Gasteiger partial charge is 0.312 e. The Bertz CT molecular complexity index is 707. The highest BCUT2D eigenvalue weighted by molar-refractivity contribution is 6.30. The molecule has 2 atom stereocenters. The quantitative estimate of drug-likeness (QED) is 0.777. The Morgan fingerprint density at radius 2 is 2.09 bits per heavy atom. The average Bonchev–Trinajstić information content (AvgIpc) is 2.95. The minimum absolute atomic E-state index is 0.0720. The summed E-state index contributed by atoms with van der Waals surface area (Å²) in [7, 11) is 1.43. The van der Waals surface area contributed by atoms with Gasteiger partial charge in [-0.25, -0.2) is 0 Å². The summed E-state index contributed by atoms with van der Waals surface area (Å²) in [6.07, 6.45) is 1.46. The number of methoxy groups -OCH3 is 1. The molecule has 116 valence electrons. The van der Waals surface area contributed by atoms with Crippen molar-refractivity contribution >= 4 is 17.6 Å². The standard InChI is InChI=1S/C17H18ClNO3/c1-10-15-13(8-9-17(10,2)16(20)21-3)14(19-22-15)11-4-6-12(18)7-5-11/h4-7,10H,8-9H2,1-3H3. The van der Waals surface area contributed by atoms with Crippen LogP contribution in [0.5, 0.6) is 0 Å². The van der Waals surface area contributed by atoms with Gasteiger partial charge in [-0.15, -0.1) is 0 Å². The second-order valence-corrected chi connectivity index (χ2v) is 6.45. The SMILES string of the molecule is COC(=O)C1(C)CCc2c(-c3ccc(Cl)cc3)noc2C1C. The lowest BCUT2D eigenvalue weighted by molar-refractivity contribution is -0.154. The number of carbonyl (C=O) groups is 1. The van der Waals surface area contributed by atoms with E-state index in [0.717, 1.165) is 35.4 Å². The number of esters is 1. The molecule has 0 fully saturated rings. The molecule has 2 unspecified atom stereocenters. The van der Waals surface area contributed by atoms with E-state index < -0.39 is 5.41 Å². The third kappa shape index (κ3) is 2.22. The summed E-state index contributed by atoms with van der Waals surface area (Å²) in [4.78, 5) is 12.1. The minimum atomic E-state index is -0.571. The highest BCUT2D eigenvalue weighted by Crippen LogP contribution is 2.48. The van der Waals surface area contributed by atoms with Crippen LogP contribution < -0.4 is 0 Å². The van der Waals surface area contributed by atoms with Crippen LogP contribution in [0.3, 0.4) is 0 Å². The number of nitrogens with zero attached hydrogens (tertiary/aromatic N) is 1. The van der Waals surface area contributed by atoms with Gasteiger partial charge in [-0.3, -0.25) is 4.79 Å². The first-order chi connectivity index (χ1) is 10.5. The Morgan fingerprint density at radius 1 is 1.41 bits per heavy atom. The number of rotatable bonds is 2. The van der Waals surface area contributed by atoms with E-state index in [2.05, 4.69) is 5.16 Å². The van der Waals surface area contributed by atoms with Crippen molar-refractivity contribution in [3.63, 3.8) is 0 Å². The van der Waals surface area contributed by atoms with Crippen LogP contribution in [-0.4, -0.2) is 18.2 Å². The summed E-state index contributed by atoms with van der Waals surface area (Å²) in [5.74, 6) is 0.511. The molecular weight excluding hydrogens is 302 g/mol. The first-order valence-electron chi connectivity index (χ1n) is 7.30. The van der Waals surface area contributed by atoms with Crippen LogP contribution in [0.1, 0.15) is 37.5 Å². The Labute approximate surface area is 134 Å². The molecule has 1 aromatic carbocycles. The number of aromatic nitrogens is 1. The molecular formula is C17H18ClNO3. The van der Waals surface area contributed by atoms with Crippen molar-refractivity contribution in [2.75, 3.05) is 7.11 Å². The zero-order valence-corrected chi connectivity index (χ0v) is 13.6. The number of carbonyl (C=O) groups excluding carboxylic acids is 1. The zero-order valence-electron chi connectivity index (χ0n) is 12.9. The van der Waals surface area contributed by atoms with Crippen LogP contribution in [0.4, 0.5) is 0 Å². The molecule has 4 nitrogen and oxygen atoms in total. The second kappa shape index (κ2) is 5.43. The maximum atomic E-state index is 12.1. The average molecular weight is 320 g/mol. The summed E-state index contributed by atoms with van der Waals surface area (Å²) in [5, 5.41) is 4.92. The van der Waals surface area contributed by atoms with Crippen molar-refractivity contribution in [2.45, 2.75) is 32.6 Å². The monoisotopic (exact) mass is 319 g/mol. The fourth-order valence-electron chi connectivity index (χ4n) is 3.14. The maximum Gasteiger partial charge on any atom is 0.312 e. The Balaban J connectivity index is 2.01. The number of hydrogen-bond acceptors (Lipinski definition) is 4. The number of fused-ring (bicyclic) bond motifs is 1. The van der Waals surface area contributed by atoms with Gasteiger partial charge in [0.1, 0.15) is 11.5 Å². The molecule has 0 aliphatic heterocycles. The van der Waals surface area contributed by atoms with Gasteiger partial charge < -0.3 is 9.26 Å². The van der Waals surface area contributed by atoms with E-state index >= 15 is 0 Å². The third-order valence-corrected chi connectivity index (χ3v) is 5.08. The van der Waals surface area contributed by atoms with Gasteiger partial charge in [-0.2, -0.15) is 0 Å². The summed E-state index contributed by atoms with van der Waals surface area (Å²) in [6, 6.07) is 7.53. The fourth-order valence-corrected chi connectivity index (χ4v) is 3.27. The molecule has 0 bridgehead atoms. The molecule has 0 radical (unpaired) electrons. The fraction of sp³-hybridized carbons (Fsp3) is 0.412. The summed E-state index contributed by atoms with van der Waals surface area (Å²) >= 11 is 5.93. The van der Waals surface area contributed by atoms with Crippen LogP contribution >= 0.6 is 11.6 Å². The topological polar surface area (TPSA) is 52.3 Å². The van der Waals surface area contributed by atoms with Gasteiger partial charge in [-0.1, -0.05) is 35.8 Å². The summed E-state index contributed by atoms with van der Waals surface area (Å²) < 4.78 is 10.6. The Hall–Kier alpha value is -1.81. The molecule has 0 saturated heterocycles. The van der Waals surface area contributed by atoms with Gasteiger partial charge in [-0.05, 0) is 31.9 Å². The number of hydrogen-bond donors (Lipinski definition) is 0. The van der Waals surface area contributed by atoms with E-state index in [1.807, 2.05) is 38.1 Å². The van der Waals surface area contributed by atoms with Crippen LogP contribution in [0.25, 0.3) is 11.3 Å². The number of ether oxygens (including phenoxy) is 1. The Kier molecular flexibility index (Phi) is 3.73. The maximum absolute atomic E-state index is 12.1. The molecule has 2 aromatic rings. The normalized spacial score (nSPS) is 23.9. The highest BCUT2D eigenvalue weighted by Gasteiger charge is 2.47. The number of halogens is 1. The Morgan fingerprint density at radius 3 is 2.73 bits per heavy atom.